The first-order valence-corrected chi connectivity index (χ1v) is 12.6. The SMILES string of the molecule is CCC1CC=c2c(n(-c3cc(F)ccc3F)c(=O)c3cn[nH]c23)=NC1=NCC1CN(C)c2ccccc2O1. The molecule has 8 nitrogen and oxygen atoms in total. The third-order valence-corrected chi connectivity index (χ3v) is 7.13. The number of halogens is 2. The smallest absolute Gasteiger partial charge is 0.267 e. The summed E-state index contributed by atoms with van der Waals surface area (Å²) in [5.74, 6) is -0.0923. The average Bonchev–Trinajstić information content (AvgIpc) is 3.33. The Morgan fingerprint density at radius 3 is 2.87 bits per heavy atom. The highest BCUT2D eigenvalue weighted by atomic mass is 19.1. The number of likely N-dealkylation sites (N-methyl/N-ethyl adjacent to an activating group) is 1. The highest BCUT2D eigenvalue weighted by molar-refractivity contribution is 5.87. The number of pyridine rings is 1. The number of amidine groups is 1. The van der Waals surface area contributed by atoms with Gasteiger partial charge in [0.1, 0.15) is 29.3 Å². The fraction of sp³-hybridized carbons (Fsp3) is 0.286. The number of hydrogen-bond donors (Lipinski definition) is 1. The molecule has 10 heteroatoms. The molecule has 0 saturated heterocycles. The average molecular weight is 517 g/mol. The maximum absolute atomic E-state index is 15.0. The van der Waals surface area contributed by atoms with E-state index in [1.165, 1.54) is 6.20 Å². The van der Waals surface area contributed by atoms with Crippen molar-refractivity contribution in [1.82, 2.24) is 14.8 Å². The maximum atomic E-state index is 15.0. The minimum absolute atomic E-state index is 0.0325. The molecule has 4 heterocycles. The van der Waals surface area contributed by atoms with Crippen molar-refractivity contribution in [3.8, 4) is 11.4 Å². The van der Waals surface area contributed by atoms with Gasteiger partial charge < -0.3 is 9.64 Å². The van der Waals surface area contributed by atoms with Crippen LogP contribution in [0.25, 0.3) is 22.7 Å². The molecular weight excluding hydrogens is 490 g/mol. The quantitative estimate of drug-likeness (QED) is 0.452. The first kappa shape index (κ1) is 24.0. The Morgan fingerprint density at radius 1 is 1.18 bits per heavy atom. The molecule has 2 aliphatic rings. The summed E-state index contributed by atoms with van der Waals surface area (Å²) in [6.45, 7) is 3.06. The lowest BCUT2D eigenvalue weighted by Gasteiger charge is -2.33. The number of hydrogen-bond acceptors (Lipinski definition) is 5. The van der Waals surface area contributed by atoms with Crippen LogP contribution in [0, 0.1) is 17.6 Å². The molecule has 1 N–H and O–H groups in total. The van der Waals surface area contributed by atoms with Crippen LogP contribution in [0.3, 0.4) is 0 Å². The van der Waals surface area contributed by atoms with Crippen LogP contribution in [-0.4, -0.2) is 46.8 Å². The fourth-order valence-electron chi connectivity index (χ4n) is 5.15. The van der Waals surface area contributed by atoms with E-state index in [2.05, 4.69) is 15.1 Å². The second-order valence-electron chi connectivity index (χ2n) is 9.58. The number of H-pyrrole nitrogens is 1. The largest absolute Gasteiger partial charge is 0.484 e. The lowest BCUT2D eigenvalue weighted by molar-refractivity contribution is 0.204. The van der Waals surface area contributed by atoms with E-state index in [0.717, 1.165) is 40.6 Å². The van der Waals surface area contributed by atoms with Crippen LogP contribution in [0.4, 0.5) is 14.5 Å². The zero-order chi connectivity index (χ0) is 26.4. The van der Waals surface area contributed by atoms with Crippen molar-refractivity contribution in [2.75, 3.05) is 25.0 Å². The van der Waals surface area contributed by atoms with Crippen LogP contribution in [-0.2, 0) is 0 Å². The summed E-state index contributed by atoms with van der Waals surface area (Å²) in [6.07, 6.45) is 4.53. The molecule has 4 aromatic rings. The molecule has 0 fully saturated rings. The molecule has 2 aromatic heterocycles. The summed E-state index contributed by atoms with van der Waals surface area (Å²) < 4.78 is 36.5. The van der Waals surface area contributed by atoms with E-state index in [4.69, 9.17) is 14.7 Å². The maximum Gasteiger partial charge on any atom is 0.267 e. The standard InChI is InChI=1S/C28H26F2N6O2/c1-3-16-8-10-19-25-20(14-32-34-25)28(37)36(23-12-17(29)9-11-21(23)30)27(19)33-26(16)31-13-18-15-35(2)22-6-4-5-7-24(22)38-18/h4-7,9-12,14,16,18H,3,8,13,15H2,1-2H3,(H,32,34). The van der Waals surface area contributed by atoms with E-state index in [1.807, 2.05) is 44.3 Å². The van der Waals surface area contributed by atoms with Gasteiger partial charge in [-0.25, -0.2) is 13.8 Å². The number of aromatic amines is 1. The summed E-state index contributed by atoms with van der Waals surface area (Å²) >= 11 is 0. The third-order valence-electron chi connectivity index (χ3n) is 7.13. The van der Waals surface area contributed by atoms with Gasteiger partial charge in [0.25, 0.3) is 5.56 Å². The molecule has 2 unspecified atom stereocenters. The van der Waals surface area contributed by atoms with E-state index in [0.29, 0.717) is 36.1 Å². The number of aliphatic imine (C=N–C) groups is 1. The van der Waals surface area contributed by atoms with Gasteiger partial charge in [0.2, 0.25) is 0 Å². The molecule has 2 aromatic carbocycles. The fourth-order valence-corrected chi connectivity index (χ4v) is 5.15. The van der Waals surface area contributed by atoms with Crippen LogP contribution in [0.1, 0.15) is 19.8 Å². The number of rotatable bonds is 4. The number of aromatic nitrogens is 3. The number of nitrogens with zero attached hydrogens (tertiary/aromatic N) is 5. The van der Waals surface area contributed by atoms with E-state index in [1.54, 1.807) is 0 Å². The molecule has 0 aliphatic carbocycles. The van der Waals surface area contributed by atoms with Crippen LogP contribution < -0.4 is 25.9 Å². The zero-order valence-corrected chi connectivity index (χ0v) is 21.0. The molecule has 2 aliphatic heterocycles. The van der Waals surface area contributed by atoms with Gasteiger partial charge in [-0.3, -0.25) is 19.5 Å². The van der Waals surface area contributed by atoms with Crippen molar-refractivity contribution in [2.45, 2.75) is 25.9 Å². The summed E-state index contributed by atoms with van der Waals surface area (Å²) in [5, 5.41) is 7.79. The highest BCUT2D eigenvalue weighted by Crippen LogP contribution is 2.32. The van der Waals surface area contributed by atoms with Gasteiger partial charge in [-0.1, -0.05) is 25.1 Å². The van der Waals surface area contributed by atoms with Crippen molar-refractivity contribution in [3.05, 3.63) is 81.4 Å². The molecule has 0 saturated carbocycles. The Morgan fingerprint density at radius 2 is 2.03 bits per heavy atom. The minimum atomic E-state index is -0.735. The first-order chi connectivity index (χ1) is 18.4. The number of nitrogens with one attached hydrogen (secondary N) is 1. The van der Waals surface area contributed by atoms with Gasteiger partial charge in [0.15, 0.2) is 5.49 Å². The van der Waals surface area contributed by atoms with Gasteiger partial charge in [-0.05, 0) is 37.1 Å². The van der Waals surface area contributed by atoms with Crippen LogP contribution in [0.5, 0.6) is 5.75 Å². The van der Waals surface area contributed by atoms with E-state index < -0.39 is 17.2 Å². The molecule has 0 radical (unpaired) electrons. The van der Waals surface area contributed by atoms with Crippen molar-refractivity contribution in [2.24, 2.45) is 15.9 Å². The van der Waals surface area contributed by atoms with Crippen LogP contribution in [0.2, 0.25) is 0 Å². The lowest BCUT2D eigenvalue weighted by atomic mass is 10.0. The molecule has 2 atom stereocenters. The third kappa shape index (κ3) is 4.06. The molecule has 0 bridgehead atoms. The molecular formula is C28H26F2N6O2. The predicted octanol–water partition coefficient (Wildman–Crippen LogP) is 3.12. The van der Waals surface area contributed by atoms with Crippen molar-refractivity contribution in [3.63, 3.8) is 0 Å². The Kier molecular flexibility index (Phi) is 6.01. The lowest BCUT2D eigenvalue weighted by Crippen LogP contribution is -2.43. The molecule has 0 amide bonds. The molecule has 38 heavy (non-hydrogen) atoms. The van der Waals surface area contributed by atoms with Crippen molar-refractivity contribution >= 4 is 28.5 Å². The Hall–Kier alpha value is -4.34. The number of fused-ring (bicyclic) bond motifs is 4. The van der Waals surface area contributed by atoms with Crippen LogP contribution in [0.15, 0.2) is 63.4 Å². The Balaban J connectivity index is 1.51. The van der Waals surface area contributed by atoms with Gasteiger partial charge in [0.05, 0.1) is 41.6 Å². The van der Waals surface area contributed by atoms with E-state index >= 15 is 0 Å². The zero-order valence-electron chi connectivity index (χ0n) is 21.0. The van der Waals surface area contributed by atoms with Crippen molar-refractivity contribution < 1.29 is 13.5 Å². The van der Waals surface area contributed by atoms with Gasteiger partial charge in [-0.15, -0.1) is 0 Å². The summed E-state index contributed by atoms with van der Waals surface area (Å²) in [4.78, 5) is 25.4. The van der Waals surface area contributed by atoms with Gasteiger partial charge in [-0.2, -0.15) is 5.10 Å². The number of anilines is 1. The van der Waals surface area contributed by atoms with E-state index in [-0.39, 0.29) is 28.6 Å². The summed E-state index contributed by atoms with van der Waals surface area (Å²) in [6, 6.07) is 10.9. The molecule has 194 valence electrons. The van der Waals surface area contributed by atoms with E-state index in [9.17, 15) is 13.6 Å². The van der Waals surface area contributed by atoms with Crippen molar-refractivity contribution in [1.29, 1.82) is 0 Å². The second kappa shape index (κ2) is 9.51. The summed E-state index contributed by atoms with van der Waals surface area (Å²) in [7, 11) is 2.01. The number of benzene rings is 2. The normalized spacial score (nSPS) is 19.8. The Bertz CT molecular complexity index is 1760. The predicted molar refractivity (Wildman–Crippen MR) is 142 cm³/mol. The minimum Gasteiger partial charge on any atom is -0.484 e. The summed E-state index contributed by atoms with van der Waals surface area (Å²) in [5.41, 5.74) is 0.965. The van der Waals surface area contributed by atoms with Gasteiger partial charge >= 0.3 is 0 Å². The van der Waals surface area contributed by atoms with Crippen LogP contribution >= 0.6 is 0 Å². The Labute approximate surface area is 216 Å². The van der Waals surface area contributed by atoms with Gasteiger partial charge in [0, 0.05) is 24.3 Å². The number of ether oxygens (including phenoxy) is 1. The second-order valence-corrected chi connectivity index (χ2v) is 9.58. The number of para-hydroxylation sites is 2. The first-order valence-electron chi connectivity index (χ1n) is 12.6. The molecule has 0 spiro atoms. The topological polar surface area (TPSA) is 87.9 Å². The highest BCUT2D eigenvalue weighted by Gasteiger charge is 2.25. The molecule has 6 rings (SSSR count). The monoisotopic (exact) mass is 516 g/mol.